The number of nitrogens with two attached hydrogens (primary N) is 1. The SMILES string of the molecule is Cn1nc(-c2ccc(F)cc2)c(-c2ccc3nc(N)cn3n2)c1C1CCN(C(=O)OC(C)(C)C)CC1. The van der Waals surface area contributed by atoms with Crippen LogP contribution in [0.5, 0.6) is 0 Å². The van der Waals surface area contributed by atoms with E-state index in [0.29, 0.717) is 24.6 Å². The molecule has 188 valence electrons. The van der Waals surface area contributed by atoms with Crippen molar-refractivity contribution in [3.05, 3.63) is 54.1 Å². The first-order valence-corrected chi connectivity index (χ1v) is 12.0. The molecule has 0 bridgehead atoms. The Morgan fingerprint density at radius 2 is 1.78 bits per heavy atom. The number of anilines is 1. The maximum Gasteiger partial charge on any atom is 0.410 e. The van der Waals surface area contributed by atoms with Gasteiger partial charge >= 0.3 is 6.09 Å². The van der Waals surface area contributed by atoms with Gasteiger partial charge in [0.15, 0.2) is 5.65 Å². The monoisotopic (exact) mass is 491 g/mol. The summed E-state index contributed by atoms with van der Waals surface area (Å²) in [5.74, 6) is 0.231. The molecule has 0 atom stereocenters. The quantitative estimate of drug-likeness (QED) is 0.448. The third-order valence-corrected chi connectivity index (χ3v) is 6.34. The van der Waals surface area contributed by atoms with Gasteiger partial charge in [-0.05, 0) is 70.0 Å². The Balaban J connectivity index is 1.54. The highest BCUT2D eigenvalue weighted by molar-refractivity contribution is 5.82. The van der Waals surface area contributed by atoms with Crippen molar-refractivity contribution in [2.45, 2.75) is 45.1 Å². The molecule has 4 aromatic rings. The summed E-state index contributed by atoms with van der Waals surface area (Å²) in [6, 6.07) is 10.1. The maximum atomic E-state index is 13.7. The lowest BCUT2D eigenvalue weighted by atomic mass is 9.88. The molecule has 10 heteroatoms. The Labute approximate surface area is 208 Å². The number of nitrogen functional groups attached to an aromatic ring is 1. The minimum atomic E-state index is -0.534. The van der Waals surface area contributed by atoms with Gasteiger partial charge in [0.25, 0.3) is 0 Å². The zero-order chi connectivity index (χ0) is 25.6. The molecule has 1 aromatic carbocycles. The van der Waals surface area contributed by atoms with Crippen LogP contribution in [-0.2, 0) is 11.8 Å². The van der Waals surface area contributed by atoms with Crippen molar-refractivity contribution < 1.29 is 13.9 Å². The molecule has 0 aliphatic carbocycles. The van der Waals surface area contributed by atoms with Gasteiger partial charge in [0.1, 0.15) is 22.9 Å². The number of rotatable bonds is 3. The first kappa shape index (κ1) is 23.8. The highest BCUT2D eigenvalue weighted by Gasteiger charge is 2.32. The number of ether oxygens (including phenoxy) is 1. The van der Waals surface area contributed by atoms with E-state index in [2.05, 4.69) is 4.98 Å². The lowest BCUT2D eigenvalue weighted by Crippen LogP contribution is -2.41. The van der Waals surface area contributed by atoms with Crippen LogP contribution in [0, 0.1) is 5.82 Å². The van der Waals surface area contributed by atoms with E-state index in [9.17, 15) is 9.18 Å². The second-order valence-corrected chi connectivity index (χ2v) is 10.2. The van der Waals surface area contributed by atoms with Crippen LogP contribution >= 0.6 is 0 Å². The van der Waals surface area contributed by atoms with Crippen LogP contribution in [0.4, 0.5) is 15.0 Å². The van der Waals surface area contributed by atoms with Crippen LogP contribution in [0.2, 0.25) is 0 Å². The van der Waals surface area contributed by atoms with Crippen LogP contribution in [0.3, 0.4) is 0 Å². The number of benzene rings is 1. The van der Waals surface area contributed by atoms with Gasteiger partial charge in [0.2, 0.25) is 0 Å². The number of nitrogens with zero attached hydrogens (tertiary/aromatic N) is 6. The molecule has 5 rings (SSSR count). The molecule has 3 aromatic heterocycles. The Bertz CT molecular complexity index is 1410. The van der Waals surface area contributed by atoms with Gasteiger partial charge in [-0.2, -0.15) is 10.2 Å². The molecule has 0 saturated carbocycles. The third-order valence-electron chi connectivity index (χ3n) is 6.34. The zero-order valence-electron chi connectivity index (χ0n) is 20.9. The van der Waals surface area contributed by atoms with Crippen molar-refractivity contribution in [2.24, 2.45) is 7.05 Å². The molecule has 4 heterocycles. The van der Waals surface area contributed by atoms with Gasteiger partial charge in [-0.1, -0.05) is 0 Å². The first-order valence-electron chi connectivity index (χ1n) is 12.0. The zero-order valence-corrected chi connectivity index (χ0v) is 20.9. The molecule has 1 fully saturated rings. The molecule has 1 aliphatic rings. The summed E-state index contributed by atoms with van der Waals surface area (Å²) in [5.41, 5.74) is 10.1. The molecule has 1 saturated heterocycles. The predicted molar refractivity (Wildman–Crippen MR) is 135 cm³/mol. The lowest BCUT2D eigenvalue weighted by Gasteiger charge is -2.33. The van der Waals surface area contributed by atoms with Gasteiger partial charge in [-0.25, -0.2) is 18.7 Å². The van der Waals surface area contributed by atoms with Crippen LogP contribution in [0.15, 0.2) is 42.6 Å². The Morgan fingerprint density at radius 3 is 2.44 bits per heavy atom. The summed E-state index contributed by atoms with van der Waals surface area (Å²) in [4.78, 5) is 18.6. The molecule has 0 unspecified atom stereocenters. The number of piperidine rings is 1. The number of aromatic nitrogens is 5. The summed E-state index contributed by atoms with van der Waals surface area (Å²) >= 11 is 0. The van der Waals surface area contributed by atoms with Gasteiger partial charge in [0.05, 0.1) is 23.1 Å². The number of hydrogen-bond acceptors (Lipinski definition) is 6. The van der Waals surface area contributed by atoms with Crippen LogP contribution in [0.1, 0.15) is 45.2 Å². The summed E-state index contributed by atoms with van der Waals surface area (Å²) in [5, 5.41) is 9.63. The minimum absolute atomic E-state index is 0.149. The van der Waals surface area contributed by atoms with E-state index >= 15 is 0 Å². The average Bonchev–Trinajstić information content (AvgIpc) is 3.36. The van der Waals surface area contributed by atoms with Gasteiger partial charge in [-0.3, -0.25) is 4.68 Å². The van der Waals surface area contributed by atoms with E-state index in [4.69, 9.17) is 20.7 Å². The van der Waals surface area contributed by atoms with E-state index in [1.54, 1.807) is 27.7 Å². The topological polar surface area (TPSA) is 104 Å². The number of likely N-dealkylation sites (tertiary alicyclic amines) is 1. The van der Waals surface area contributed by atoms with Gasteiger partial charge in [0, 0.05) is 31.6 Å². The van der Waals surface area contributed by atoms with Crippen molar-refractivity contribution >= 4 is 17.6 Å². The van der Waals surface area contributed by atoms with Gasteiger partial charge < -0.3 is 15.4 Å². The normalized spacial score (nSPS) is 15.0. The highest BCUT2D eigenvalue weighted by Crippen LogP contribution is 2.40. The van der Waals surface area contributed by atoms with Crippen LogP contribution in [0.25, 0.3) is 28.2 Å². The molecule has 9 nitrogen and oxygen atoms in total. The molecule has 1 aliphatic heterocycles. The summed E-state index contributed by atoms with van der Waals surface area (Å²) in [7, 11) is 1.92. The average molecular weight is 492 g/mol. The second kappa shape index (κ2) is 8.92. The van der Waals surface area contributed by atoms with Crippen molar-refractivity contribution in [2.75, 3.05) is 18.8 Å². The van der Waals surface area contributed by atoms with E-state index in [1.807, 2.05) is 44.6 Å². The lowest BCUT2D eigenvalue weighted by molar-refractivity contribution is 0.0203. The van der Waals surface area contributed by atoms with E-state index in [1.165, 1.54) is 12.1 Å². The standard InChI is InChI=1S/C26H30FN7O2/c1-26(2,3)36-25(35)33-13-11-17(12-14-33)24-22(19-9-10-21-29-20(28)15-34(21)30-19)23(31-32(24)4)16-5-7-18(27)8-6-16/h5-10,15,17H,11-14,28H2,1-4H3. The number of carbonyl (C=O) groups excluding carboxylic acids is 1. The number of amides is 1. The first-order chi connectivity index (χ1) is 17.1. The van der Waals surface area contributed by atoms with Crippen molar-refractivity contribution in [1.82, 2.24) is 29.3 Å². The third kappa shape index (κ3) is 4.62. The summed E-state index contributed by atoms with van der Waals surface area (Å²) < 4.78 is 22.8. The van der Waals surface area contributed by atoms with Crippen molar-refractivity contribution in [1.29, 1.82) is 0 Å². The number of aryl methyl sites for hydroxylation is 1. The molecule has 36 heavy (non-hydrogen) atoms. The minimum Gasteiger partial charge on any atom is -0.444 e. The van der Waals surface area contributed by atoms with E-state index in [0.717, 1.165) is 41.1 Å². The molecular formula is C26H30FN7O2. The van der Waals surface area contributed by atoms with Crippen LogP contribution in [-0.4, -0.2) is 54.1 Å². The summed E-state index contributed by atoms with van der Waals surface area (Å²) in [6.07, 6.45) is 2.90. The summed E-state index contributed by atoms with van der Waals surface area (Å²) in [6.45, 7) is 6.78. The molecule has 0 radical (unpaired) electrons. The fraction of sp³-hybridized carbons (Fsp3) is 0.385. The highest BCUT2D eigenvalue weighted by atomic mass is 19.1. The Morgan fingerprint density at radius 1 is 1.08 bits per heavy atom. The Kier molecular flexibility index (Phi) is 5.89. The molecular weight excluding hydrogens is 461 g/mol. The smallest absolute Gasteiger partial charge is 0.410 e. The number of halogens is 1. The fourth-order valence-corrected chi connectivity index (χ4v) is 4.76. The number of fused-ring (bicyclic) bond motifs is 1. The fourth-order valence-electron chi connectivity index (χ4n) is 4.76. The Hall–Kier alpha value is -3.95. The second-order valence-electron chi connectivity index (χ2n) is 10.2. The largest absolute Gasteiger partial charge is 0.444 e. The predicted octanol–water partition coefficient (Wildman–Crippen LogP) is 4.63. The number of hydrogen-bond donors (Lipinski definition) is 1. The van der Waals surface area contributed by atoms with Crippen molar-refractivity contribution in [3.8, 4) is 22.5 Å². The molecule has 2 N–H and O–H groups in total. The number of carbonyl (C=O) groups is 1. The number of imidazole rings is 1. The van der Waals surface area contributed by atoms with E-state index < -0.39 is 5.60 Å². The van der Waals surface area contributed by atoms with Crippen LogP contribution < -0.4 is 5.73 Å². The maximum absolute atomic E-state index is 13.7. The molecule has 1 amide bonds. The molecule has 0 spiro atoms. The van der Waals surface area contributed by atoms with E-state index in [-0.39, 0.29) is 17.8 Å². The van der Waals surface area contributed by atoms with Crippen molar-refractivity contribution in [3.63, 3.8) is 0 Å². The van der Waals surface area contributed by atoms with Gasteiger partial charge in [-0.15, -0.1) is 0 Å².